The van der Waals surface area contributed by atoms with Gasteiger partial charge in [0.05, 0.1) is 0 Å². The summed E-state index contributed by atoms with van der Waals surface area (Å²) in [5.74, 6) is 1.08. The van der Waals surface area contributed by atoms with Gasteiger partial charge in [-0.1, -0.05) is 19.3 Å². The van der Waals surface area contributed by atoms with Gasteiger partial charge < -0.3 is 10.6 Å². The van der Waals surface area contributed by atoms with Gasteiger partial charge in [-0.05, 0) is 31.6 Å². The molecule has 1 saturated heterocycles. The van der Waals surface area contributed by atoms with Crippen molar-refractivity contribution in [3.05, 3.63) is 0 Å². The van der Waals surface area contributed by atoms with Crippen molar-refractivity contribution in [2.45, 2.75) is 57.4 Å². The van der Waals surface area contributed by atoms with Gasteiger partial charge >= 0.3 is 0 Å². The van der Waals surface area contributed by atoms with Crippen LogP contribution in [0.2, 0.25) is 0 Å². The number of amides is 2. The second kappa shape index (κ2) is 6.99. The molecule has 3 rings (SSSR count). The van der Waals surface area contributed by atoms with Crippen molar-refractivity contribution in [1.82, 2.24) is 9.80 Å². The predicted octanol–water partition coefficient (Wildman–Crippen LogP) is 1.36. The standard InChI is InChI=1S/C17H29N3O2/c18-16(21)12-15(13-4-2-1-3-5-13)19-8-10-20(11-9-19)17(22)14-6-7-14/h13-15H,1-12H2,(H2,18,21). The van der Waals surface area contributed by atoms with Gasteiger partial charge in [0.15, 0.2) is 0 Å². The molecule has 2 amide bonds. The number of hydrogen-bond acceptors (Lipinski definition) is 3. The van der Waals surface area contributed by atoms with E-state index in [0.717, 1.165) is 39.0 Å². The van der Waals surface area contributed by atoms with Crippen LogP contribution in [0, 0.1) is 11.8 Å². The van der Waals surface area contributed by atoms with Crippen molar-refractivity contribution in [2.75, 3.05) is 26.2 Å². The maximum absolute atomic E-state index is 12.1. The van der Waals surface area contributed by atoms with Crippen LogP contribution in [0.5, 0.6) is 0 Å². The summed E-state index contributed by atoms with van der Waals surface area (Å²) >= 11 is 0. The van der Waals surface area contributed by atoms with E-state index in [9.17, 15) is 9.59 Å². The lowest BCUT2D eigenvalue weighted by atomic mass is 9.81. The maximum atomic E-state index is 12.1. The van der Waals surface area contributed by atoms with E-state index in [-0.39, 0.29) is 11.9 Å². The Morgan fingerprint density at radius 2 is 1.59 bits per heavy atom. The molecule has 0 aromatic rings. The van der Waals surface area contributed by atoms with Gasteiger partial charge in [0.2, 0.25) is 11.8 Å². The monoisotopic (exact) mass is 307 g/mol. The van der Waals surface area contributed by atoms with Crippen molar-refractivity contribution < 1.29 is 9.59 Å². The largest absolute Gasteiger partial charge is 0.370 e. The van der Waals surface area contributed by atoms with Crippen LogP contribution >= 0.6 is 0 Å². The number of carbonyl (C=O) groups excluding carboxylic acids is 2. The van der Waals surface area contributed by atoms with Crippen LogP contribution in [0.3, 0.4) is 0 Å². The van der Waals surface area contributed by atoms with Crippen LogP contribution in [0.25, 0.3) is 0 Å². The smallest absolute Gasteiger partial charge is 0.225 e. The summed E-state index contributed by atoms with van der Waals surface area (Å²) in [4.78, 5) is 28.1. The fourth-order valence-electron chi connectivity index (χ4n) is 4.18. The summed E-state index contributed by atoms with van der Waals surface area (Å²) < 4.78 is 0. The van der Waals surface area contributed by atoms with Crippen LogP contribution in [0.1, 0.15) is 51.4 Å². The molecule has 1 atom stereocenters. The maximum Gasteiger partial charge on any atom is 0.225 e. The van der Waals surface area contributed by atoms with E-state index >= 15 is 0 Å². The van der Waals surface area contributed by atoms with E-state index in [2.05, 4.69) is 4.90 Å². The lowest BCUT2D eigenvalue weighted by Crippen LogP contribution is -2.55. The normalized spacial score (nSPS) is 25.9. The quantitative estimate of drug-likeness (QED) is 0.834. The molecule has 2 N–H and O–H groups in total. The SMILES string of the molecule is NC(=O)CC(C1CCCCC1)N1CCN(C(=O)C2CC2)CC1. The second-order valence-corrected chi connectivity index (χ2v) is 7.27. The second-order valence-electron chi connectivity index (χ2n) is 7.27. The Labute approximate surface area is 133 Å². The molecule has 0 aromatic carbocycles. The van der Waals surface area contributed by atoms with Crippen molar-refractivity contribution in [2.24, 2.45) is 17.6 Å². The van der Waals surface area contributed by atoms with Crippen LogP contribution in [-0.4, -0.2) is 53.8 Å². The topological polar surface area (TPSA) is 66.6 Å². The zero-order valence-corrected chi connectivity index (χ0v) is 13.5. The molecule has 124 valence electrons. The molecule has 0 bridgehead atoms. The first-order chi connectivity index (χ1) is 10.6. The molecule has 0 aromatic heterocycles. The molecular formula is C17H29N3O2. The minimum atomic E-state index is -0.188. The highest BCUT2D eigenvalue weighted by molar-refractivity contribution is 5.81. The van der Waals surface area contributed by atoms with Crippen molar-refractivity contribution in [3.63, 3.8) is 0 Å². The zero-order chi connectivity index (χ0) is 15.5. The number of primary amides is 1. The summed E-state index contributed by atoms with van der Waals surface area (Å²) in [6, 6.07) is 0.288. The first-order valence-electron chi connectivity index (χ1n) is 8.96. The van der Waals surface area contributed by atoms with E-state index in [0.29, 0.717) is 24.2 Å². The van der Waals surface area contributed by atoms with Crippen molar-refractivity contribution >= 4 is 11.8 Å². The number of hydrogen-bond donors (Lipinski definition) is 1. The van der Waals surface area contributed by atoms with Gasteiger partial charge in [-0.2, -0.15) is 0 Å². The fraction of sp³-hybridized carbons (Fsp3) is 0.882. The predicted molar refractivity (Wildman–Crippen MR) is 85.1 cm³/mol. The molecule has 1 aliphatic heterocycles. The Balaban J connectivity index is 1.57. The molecule has 1 heterocycles. The van der Waals surface area contributed by atoms with Crippen LogP contribution in [0.4, 0.5) is 0 Å². The molecule has 5 heteroatoms. The molecule has 3 fully saturated rings. The highest BCUT2D eigenvalue weighted by Gasteiger charge is 2.37. The lowest BCUT2D eigenvalue weighted by molar-refractivity contribution is -0.135. The van der Waals surface area contributed by atoms with Crippen molar-refractivity contribution in [3.8, 4) is 0 Å². The molecule has 2 saturated carbocycles. The van der Waals surface area contributed by atoms with Gasteiger partial charge in [0.25, 0.3) is 0 Å². The minimum absolute atomic E-state index is 0.188. The highest BCUT2D eigenvalue weighted by Crippen LogP contribution is 2.33. The Kier molecular flexibility index (Phi) is 5.01. The van der Waals surface area contributed by atoms with Gasteiger partial charge in [-0.15, -0.1) is 0 Å². The number of carbonyl (C=O) groups is 2. The average molecular weight is 307 g/mol. The number of nitrogens with zero attached hydrogens (tertiary/aromatic N) is 2. The third kappa shape index (κ3) is 3.80. The van der Waals surface area contributed by atoms with Gasteiger partial charge in [0.1, 0.15) is 0 Å². The first-order valence-corrected chi connectivity index (χ1v) is 8.96. The molecule has 1 unspecified atom stereocenters. The Hall–Kier alpha value is -1.10. The Morgan fingerprint density at radius 3 is 2.14 bits per heavy atom. The molecule has 3 aliphatic rings. The number of nitrogens with two attached hydrogens (primary N) is 1. The number of rotatable bonds is 5. The van der Waals surface area contributed by atoms with Gasteiger partial charge in [-0.25, -0.2) is 0 Å². The third-order valence-corrected chi connectivity index (χ3v) is 5.63. The van der Waals surface area contributed by atoms with Crippen LogP contribution < -0.4 is 5.73 Å². The Bertz CT molecular complexity index is 408. The summed E-state index contributed by atoms with van der Waals surface area (Å²) in [5.41, 5.74) is 5.50. The van der Waals surface area contributed by atoms with E-state index in [1.165, 1.54) is 32.1 Å². The van der Waals surface area contributed by atoms with Crippen molar-refractivity contribution in [1.29, 1.82) is 0 Å². The Morgan fingerprint density at radius 1 is 0.955 bits per heavy atom. The molecule has 0 spiro atoms. The number of piperazine rings is 1. The third-order valence-electron chi connectivity index (χ3n) is 5.63. The molecule has 2 aliphatic carbocycles. The van der Waals surface area contributed by atoms with E-state index in [1.807, 2.05) is 4.90 Å². The van der Waals surface area contributed by atoms with Crippen LogP contribution in [-0.2, 0) is 9.59 Å². The van der Waals surface area contributed by atoms with E-state index < -0.39 is 0 Å². The average Bonchev–Trinajstić information content (AvgIpc) is 3.38. The summed E-state index contributed by atoms with van der Waals surface area (Å²) in [6.45, 7) is 3.43. The van der Waals surface area contributed by atoms with Gasteiger partial charge in [0, 0.05) is 44.6 Å². The summed E-state index contributed by atoms with van der Waals surface area (Å²) in [5, 5.41) is 0. The van der Waals surface area contributed by atoms with Gasteiger partial charge in [-0.3, -0.25) is 14.5 Å². The highest BCUT2D eigenvalue weighted by atomic mass is 16.2. The zero-order valence-electron chi connectivity index (χ0n) is 13.5. The van der Waals surface area contributed by atoms with Crippen LogP contribution in [0.15, 0.2) is 0 Å². The minimum Gasteiger partial charge on any atom is -0.370 e. The fourth-order valence-corrected chi connectivity index (χ4v) is 4.18. The lowest BCUT2D eigenvalue weighted by Gasteiger charge is -2.43. The summed E-state index contributed by atoms with van der Waals surface area (Å²) in [6.07, 6.45) is 8.94. The molecule has 22 heavy (non-hydrogen) atoms. The molecule has 0 radical (unpaired) electrons. The first kappa shape index (κ1) is 15.8. The van der Waals surface area contributed by atoms with E-state index in [4.69, 9.17) is 5.73 Å². The van der Waals surface area contributed by atoms with E-state index in [1.54, 1.807) is 0 Å². The summed E-state index contributed by atoms with van der Waals surface area (Å²) in [7, 11) is 0. The molecular weight excluding hydrogens is 278 g/mol. The molecule has 5 nitrogen and oxygen atoms in total.